The largest absolute Gasteiger partial charge is 0.265 e. The summed E-state index contributed by atoms with van der Waals surface area (Å²) in [6.07, 6.45) is 3.50. The zero-order chi connectivity index (χ0) is 22.5. The van der Waals surface area contributed by atoms with Crippen LogP contribution >= 0.6 is 39.1 Å². The Hall–Kier alpha value is -2.13. The lowest BCUT2D eigenvalue weighted by atomic mass is 10.2. The van der Waals surface area contributed by atoms with Crippen LogP contribution in [0, 0.1) is 13.8 Å². The molecule has 35 heavy (non-hydrogen) atoms. The molecule has 1 nitrogen and oxygen atoms in total. The molecule has 4 heteroatoms. The first-order valence-electron chi connectivity index (χ1n) is 9.25. The van der Waals surface area contributed by atoms with E-state index in [9.17, 15) is 0 Å². The summed E-state index contributed by atoms with van der Waals surface area (Å²) >= 11 is 14.2. The number of benzene rings is 3. The van der Waals surface area contributed by atoms with Crippen LogP contribution in [0.2, 0.25) is 10.0 Å². The maximum Gasteiger partial charge on any atom is 0.0406 e. The first-order valence-corrected chi connectivity index (χ1v) is 11.6. The van der Waals surface area contributed by atoms with Gasteiger partial charge in [-0.3, -0.25) is 4.98 Å². The minimum atomic E-state index is 0. The van der Waals surface area contributed by atoms with Crippen LogP contribution in [0.15, 0.2) is 116 Å². The zero-order valence-electron chi connectivity index (χ0n) is 17.6. The van der Waals surface area contributed by atoms with E-state index in [0.29, 0.717) is 0 Å². The van der Waals surface area contributed by atoms with Crippen molar-refractivity contribution in [1.82, 2.24) is 4.98 Å². The molecule has 0 aliphatic carbocycles. The van der Waals surface area contributed by atoms with Crippen LogP contribution in [0.5, 0.6) is 0 Å². The second kappa shape index (κ2) is 34.0. The highest BCUT2D eigenvalue weighted by molar-refractivity contribution is 9.08. The van der Waals surface area contributed by atoms with Crippen LogP contribution in [0.4, 0.5) is 0 Å². The molecule has 0 unspecified atom stereocenters. The van der Waals surface area contributed by atoms with Crippen molar-refractivity contribution in [3.8, 4) is 0 Å². The molecule has 0 spiro atoms. The van der Waals surface area contributed by atoms with Gasteiger partial charge in [-0.1, -0.05) is 154 Å². The van der Waals surface area contributed by atoms with Crippen LogP contribution in [-0.4, -0.2) is 10.8 Å². The quantitative estimate of drug-likeness (QED) is 0.187. The Bertz CT molecular complexity index is 668. The molecule has 0 radical (unpaired) electrons. The van der Waals surface area contributed by atoms with E-state index in [1.54, 1.807) is 12.4 Å². The summed E-state index contributed by atoms with van der Waals surface area (Å²) in [7, 11) is 0. The highest BCUT2D eigenvalue weighted by Gasteiger charge is 1.82. The Kier molecular flexibility index (Phi) is 45.0. The van der Waals surface area contributed by atoms with Crippen LogP contribution < -0.4 is 0 Å². The number of hydrogen-bond acceptors (Lipinski definition) is 1. The average molecular weight is 586 g/mol. The van der Waals surface area contributed by atoms with Gasteiger partial charge in [-0.15, -0.1) is 0 Å². The molecule has 0 saturated carbocycles. The first kappa shape index (κ1) is 46.2. The number of nitrogens with zero attached hydrogens (tertiary/aromatic N) is 1. The molecule has 0 atom stereocenters. The van der Waals surface area contributed by atoms with Crippen LogP contribution in [0.3, 0.4) is 0 Å². The summed E-state index contributed by atoms with van der Waals surface area (Å²) in [6.45, 7) is 4.08. The summed E-state index contributed by atoms with van der Waals surface area (Å²) in [5.74, 6) is 1.81. The van der Waals surface area contributed by atoms with Crippen LogP contribution in [0.25, 0.3) is 0 Å². The Balaban J connectivity index is -0.0000000752. The van der Waals surface area contributed by atoms with Gasteiger partial charge in [0, 0.05) is 22.4 Å². The number of alkyl halides is 1. The highest BCUT2D eigenvalue weighted by atomic mass is 79.9. The fourth-order valence-electron chi connectivity index (χ4n) is 1.76. The minimum absolute atomic E-state index is 0. The molecule has 0 fully saturated rings. The van der Waals surface area contributed by atoms with E-state index in [-0.39, 0.29) is 37.1 Å². The number of aryl methyl sites for hydroxylation is 2. The third-order valence-corrected chi connectivity index (χ3v) is 3.76. The third-order valence-electron chi connectivity index (χ3n) is 3.25. The monoisotopic (exact) mass is 583 g/mol. The second-order valence-corrected chi connectivity index (χ2v) is 6.64. The summed E-state index contributed by atoms with van der Waals surface area (Å²) in [5, 5.41) is 1.60. The molecule has 0 bridgehead atoms. The number of hydrogen-bond donors (Lipinski definition) is 0. The fraction of sp³-hybridized carbons (Fsp3) is 0.258. The van der Waals surface area contributed by atoms with Gasteiger partial charge in [0.2, 0.25) is 0 Å². The SMILES string of the molecule is C.C.C.C.C.CBr.Cc1ccc(Cl)cc1.Cc1ccc(Cl)cc1.c1ccccc1.c1ccncc1. The van der Waals surface area contributed by atoms with Crippen molar-refractivity contribution >= 4 is 39.1 Å². The Morgan fingerprint density at radius 2 is 0.686 bits per heavy atom. The average Bonchev–Trinajstić information content (AvgIpc) is 2.83. The van der Waals surface area contributed by atoms with E-state index in [1.165, 1.54) is 11.1 Å². The molecule has 1 heterocycles. The van der Waals surface area contributed by atoms with Crippen molar-refractivity contribution in [2.45, 2.75) is 51.0 Å². The van der Waals surface area contributed by atoms with Gasteiger partial charge in [0.05, 0.1) is 0 Å². The molecule has 4 aromatic rings. The van der Waals surface area contributed by atoms with E-state index < -0.39 is 0 Å². The molecule has 1 aromatic heterocycles. The van der Waals surface area contributed by atoms with Gasteiger partial charge in [-0.2, -0.15) is 0 Å². The Morgan fingerprint density at radius 1 is 0.457 bits per heavy atom. The maximum atomic E-state index is 5.61. The predicted molar refractivity (Wildman–Crippen MR) is 172 cm³/mol. The van der Waals surface area contributed by atoms with Crippen molar-refractivity contribution in [2.75, 3.05) is 5.83 Å². The van der Waals surface area contributed by atoms with E-state index in [2.05, 4.69) is 20.9 Å². The lowest BCUT2D eigenvalue weighted by Crippen LogP contribution is -1.66. The standard InChI is InChI=1S/2C7H7Cl.C6H6.C5H5N.CH3Br.5CH4/c2*1-6-2-4-7(8)5-3-6;2*1-2-4-6-5-3-1;1-2;;;;;/h2*2-5H,1H3;1-6H;1-5H;1H3;5*1H4. The smallest absolute Gasteiger partial charge is 0.0406 e. The van der Waals surface area contributed by atoms with E-state index in [4.69, 9.17) is 23.2 Å². The molecule has 0 amide bonds. The fourth-order valence-corrected chi connectivity index (χ4v) is 2.02. The molecule has 0 N–H and O–H groups in total. The van der Waals surface area contributed by atoms with E-state index in [1.807, 2.05) is 123 Å². The molecule has 3 aromatic carbocycles. The third kappa shape index (κ3) is 31.9. The lowest BCUT2D eigenvalue weighted by molar-refractivity contribution is 1.33. The molecule has 0 aliphatic rings. The normalized spacial score (nSPS) is 7.14. The van der Waals surface area contributed by atoms with Gasteiger partial charge in [-0.25, -0.2) is 0 Å². The summed E-state index contributed by atoms with van der Waals surface area (Å²) in [4.78, 5) is 3.78. The van der Waals surface area contributed by atoms with Crippen molar-refractivity contribution in [3.63, 3.8) is 0 Å². The van der Waals surface area contributed by atoms with Crippen molar-refractivity contribution in [3.05, 3.63) is 137 Å². The Labute approximate surface area is 236 Å². The molecular weight excluding hydrogens is 537 g/mol. The van der Waals surface area contributed by atoms with Gasteiger partial charge in [0.15, 0.2) is 0 Å². The summed E-state index contributed by atoms with van der Waals surface area (Å²) in [6, 6.07) is 33.2. The van der Waals surface area contributed by atoms with Gasteiger partial charge >= 0.3 is 0 Å². The van der Waals surface area contributed by atoms with Crippen molar-refractivity contribution in [1.29, 1.82) is 0 Å². The summed E-state index contributed by atoms with van der Waals surface area (Å²) < 4.78 is 0. The van der Waals surface area contributed by atoms with Gasteiger partial charge in [-0.05, 0) is 56.1 Å². The first-order chi connectivity index (χ1) is 14.6. The van der Waals surface area contributed by atoms with Crippen molar-refractivity contribution in [2.24, 2.45) is 0 Å². The maximum absolute atomic E-state index is 5.61. The van der Waals surface area contributed by atoms with E-state index in [0.717, 1.165) is 10.0 Å². The predicted octanol–water partition coefficient (Wildman–Crippen LogP) is 12.3. The number of aromatic nitrogens is 1. The second-order valence-electron chi connectivity index (χ2n) is 5.77. The number of halogens is 3. The van der Waals surface area contributed by atoms with Gasteiger partial charge in [0.25, 0.3) is 0 Å². The van der Waals surface area contributed by atoms with Crippen LogP contribution in [0.1, 0.15) is 48.3 Å². The van der Waals surface area contributed by atoms with Gasteiger partial charge in [0.1, 0.15) is 0 Å². The molecule has 4 rings (SSSR count). The highest BCUT2D eigenvalue weighted by Crippen LogP contribution is 2.08. The van der Waals surface area contributed by atoms with Crippen LogP contribution in [-0.2, 0) is 0 Å². The molecular formula is C31H48BrCl2N. The molecule has 0 saturated heterocycles. The lowest BCUT2D eigenvalue weighted by Gasteiger charge is -1.88. The topological polar surface area (TPSA) is 12.9 Å². The Morgan fingerprint density at radius 3 is 0.829 bits per heavy atom. The molecule has 0 aliphatic heterocycles. The number of rotatable bonds is 0. The van der Waals surface area contributed by atoms with Crippen molar-refractivity contribution < 1.29 is 0 Å². The number of pyridine rings is 1. The molecule has 198 valence electrons. The van der Waals surface area contributed by atoms with E-state index >= 15 is 0 Å². The zero-order valence-corrected chi connectivity index (χ0v) is 20.6. The minimum Gasteiger partial charge on any atom is -0.265 e. The summed E-state index contributed by atoms with van der Waals surface area (Å²) in [5.41, 5.74) is 2.49. The van der Waals surface area contributed by atoms with Gasteiger partial charge < -0.3 is 0 Å².